The van der Waals surface area contributed by atoms with E-state index in [1.807, 2.05) is 67.6 Å². The fourth-order valence-electron chi connectivity index (χ4n) is 3.00. The van der Waals surface area contributed by atoms with Gasteiger partial charge in [0.15, 0.2) is 6.10 Å². The molecule has 0 unspecified atom stereocenters. The Kier molecular flexibility index (Phi) is 6.72. The third-order valence-electron chi connectivity index (χ3n) is 4.52. The number of rotatable bonds is 8. The lowest BCUT2D eigenvalue weighted by Crippen LogP contribution is -2.38. The number of nitrogens with one attached hydrogen (secondary N) is 1. The number of hydrogen-bond acceptors (Lipinski definition) is 2. The van der Waals surface area contributed by atoms with Crippen LogP contribution >= 0.6 is 11.6 Å². The van der Waals surface area contributed by atoms with Crippen molar-refractivity contribution >= 4 is 28.3 Å². The van der Waals surface area contributed by atoms with Gasteiger partial charge in [0.2, 0.25) is 0 Å². The summed E-state index contributed by atoms with van der Waals surface area (Å²) in [4.78, 5) is 12.4. The first-order valence-corrected chi connectivity index (χ1v) is 9.71. The molecule has 1 N–H and O–H groups in total. The van der Waals surface area contributed by atoms with Gasteiger partial charge in [0.25, 0.3) is 5.91 Å². The summed E-state index contributed by atoms with van der Waals surface area (Å²) in [7, 11) is 0. The van der Waals surface area contributed by atoms with E-state index in [2.05, 4.69) is 11.4 Å². The Morgan fingerprint density at radius 2 is 1.78 bits per heavy atom. The highest BCUT2D eigenvalue weighted by molar-refractivity contribution is 6.30. The maximum Gasteiger partial charge on any atom is 0.261 e. The van der Waals surface area contributed by atoms with Crippen LogP contribution in [0.25, 0.3) is 10.8 Å². The quantitative estimate of drug-likeness (QED) is 0.530. The summed E-state index contributed by atoms with van der Waals surface area (Å²) in [5.41, 5.74) is 1.22. The summed E-state index contributed by atoms with van der Waals surface area (Å²) < 4.78 is 5.94. The Bertz CT molecular complexity index is 892. The van der Waals surface area contributed by atoms with Crippen LogP contribution in [-0.2, 0) is 11.2 Å². The number of benzene rings is 3. The minimum absolute atomic E-state index is 0.0678. The highest BCUT2D eigenvalue weighted by Crippen LogP contribution is 2.22. The number of carbonyl (C=O) groups is 1. The largest absolute Gasteiger partial charge is 0.481 e. The van der Waals surface area contributed by atoms with Crippen LogP contribution in [-0.4, -0.2) is 18.6 Å². The van der Waals surface area contributed by atoms with Crippen molar-refractivity contribution in [3.8, 4) is 5.75 Å². The molecule has 0 spiro atoms. The summed E-state index contributed by atoms with van der Waals surface area (Å²) >= 11 is 5.89. The van der Waals surface area contributed by atoms with E-state index < -0.39 is 6.10 Å². The molecule has 1 atom stereocenters. The van der Waals surface area contributed by atoms with Crippen LogP contribution in [0.15, 0.2) is 66.7 Å². The predicted molar refractivity (Wildman–Crippen MR) is 111 cm³/mol. The number of carbonyl (C=O) groups excluding carboxylic acids is 1. The molecule has 1 amide bonds. The smallest absolute Gasteiger partial charge is 0.261 e. The molecule has 0 bridgehead atoms. The van der Waals surface area contributed by atoms with E-state index in [1.54, 1.807) is 0 Å². The predicted octanol–water partition coefficient (Wildman–Crippen LogP) is 5.40. The summed E-state index contributed by atoms with van der Waals surface area (Å²) in [5, 5.41) is 5.98. The van der Waals surface area contributed by atoms with Gasteiger partial charge in [0.1, 0.15) is 5.75 Å². The average molecular weight is 382 g/mol. The van der Waals surface area contributed by atoms with Crippen LogP contribution in [0.5, 0.6) is 5.75 Å². The van der Waals surface area contributed by atoms with E-state index in [9.17, 15) is 4.79 Å². The fraction of sp³-hybridized carbons (Fsp3) is 0.261. The lowest BCUT2D eigenvalue weighted by molar-refractivity contribution is -0.128. The molecule has 140 valence electrons. The van der Waals surface area contributed by atoms with Crippen LogP contribution in [0.3, 0.4) is 0 Å². The normalized spacial score (nSPS) is 11.9. The summed E-state index contributed by atoms with van der Waals surface area (Å²) in [6, 6.07) is 21.8. The molecule has 3 aromatic carbocycles. The van der Waals surface area contributed by atoms with Gasteiger partial charge in [0.05, 0.1) is 0 Å². The van der Waals surface area contributed by atoms with Crippen LogP contribution in [0.1, 0.15) is 25.3 Å². The second-order valence-corrected chi connectivity index (χ2v) is 6.98. The van der Waals surface area contributed by atoms with E-state index in [1.165, 1.54) is 5.56 Å². The van der Waals surface area contributed by atoms with Gasteiger partial charge in [-0.25, -0.2) is 0 Å². The molecular formula is C23H24ClNO2. The molecule has 0 heterocycles. The van der Waals surface area contributed by atoms with Gasteiger partial charge in [-0.05, 0) is 59.9 Å². The molecule has 0 fully saturated rings. The van der Waals surface area contributed by atoms with Crippen molar-refractivity contribution in [2.45, 2.75) is 32.3 Å². The molecule has 4 heteroatoms. The topological polar surface area (TPSA) is 38.3 Å². The molecular weight excluding hydrogens is 358 g/mol. The van der Waals surface area contributed by atoms with Gasteiger partial charge in [-0.3, -0.25) is 4.79 Å². The van der Waals surface area contributed by atoms with Crippen LogP contribution in [0.4, 0.5) is 0 Å². The number of halogens is 1. The Morgan fingerprint density at radius 1 is 1.04 bits per heavy atom. The Hall–Kier alpha value is -2.52. The van der Waals surface area contributed by atoms with Crippen molar-refractivity contribution in [1.29, 1.82) is 0 Å². The van der Waals surface area contributed by atoms with Crippen molar-refractivity contribution in [3.63, 3.8) is 0 Å². The fourth-order valence-corrected chi connectivity index (χ4v) is 3.12. The third kappa shape index (κ3) is 5.48. The molecule has 0 saturated carbocycles. The first-order valence-electron chi connectivity index (χ1n) is 9.33. The molecule has 0 radical (unpaired) electrons. The molecule has 3 aromatic rings. The molecule has 0 aromatic heterocycles. The lowest BCUT2D eigenvalue weighted by Gasteiger charge is -2.17. The van der Waals surface area contributed by atoms with Crippen molar-refractivity contribution < 1.29 is 9.53 Å². The second kappa shape index (κ2) is 9.43. The van der Waals surface area contributed by atoms with Crippen molar-refractivity contribution in [2.24, 2.45) is 0 Å². The maximum atomic E-state index is 12.4. The number of fused-ring (bicyclic) bond motifs is 1. The van der Waals surface area contributed by atoms with Gasteiger partial charge in [-0.15, -0.1) is 0 Å². The van der Waals surface area contributed by atoms with Gasteiger partial charge in [-0.2, -0.15) is 0 Å². The van der Waals surface area contributed by atoms with E-state index in [0.29, 0.717) is 13.0 Å². The molecule has 27 heavy (non-hydrogen) atoms. The van der Waals surface area contributed by atoms with Crippen LogP contribution < -0.4 is 10.1 Å². The van der Waals surface area contributed by atoms with Crippen LogP contribution in [0.2, 0.25) is 5.02 Å². The first kappa shape index (κ1) is 19.2. The Morgan fingerprint density at radius 3 is 2.52 bits per heavy atom. The zero-order chi connectivity index (χ0) is 19.1. The first-order chi connectivity index (χ1) is 13.2. The molecule has 3 nitrogen and oxygen atoms in total. The molecule has 3 rings (SSSR count). The van der Waals surface area contributed by atoms with Crippen molar-refractivity contribution in [1.82, 2.24) is 5.32 Å². The van der Waals surface area contributed by atoms with Crippen molar-refractivity contribution in [3.05, 3.63) is 77.3 Å². The SMILES string of the molecule is CC[C@H](Oc1ccc2ccccc2c1)C(=O)NCCCc1ccc(Cl)cc1. The van der Waals surface area contributed by atoms with E-state index in [-0.39, 0.29) is 5.91 Å². The third-order valence-corrected chi connectivity index (χ3v) is 4.77. The lowest BCUT2D eigenvalue weighted by atomic mass is 10.1. The monoisotopic (exact) mass is 381 g/mol. The minimum Gasteiger partial charge on any atom is -0.481 e. The zero-order valence-electron chi connectivity index (χ0n) is 15.5. The van der Waals surface area contributed by atoms with Gasteiger partial charge in [-0.1, -0.05) is 61.0 Å². The minimum atomic E-state index is -0.485. The van der Waals surface area contributed by atoms with Gasteiger partial charge < -0.3 is 10.1 Å². The number of ether oxygens (including phenoxy) is 1. The van der Waals surface area contributed by atoms with Gasteiger partial charge in [0, 0.05) is 11.6 Å². The summed E-state index contributed by atoms with van der Waals surface area (Å²) in [6.07, 6.45) is 1.91. The standard InChI is InChI=1S/C23H24ClNO2/c1-2-22(27-21-14-11-18-7-3-4-8-19(18)16-21)23(26)25-15-5-6-17-9-12-20(24)13-10-17/h3-4,7-14,16,22H,2,5-6,15H2,1H3,(H,25,26)/t22-/m0/s1. The number of hydrogen-bond donors (Lipinski definition) is 1. The summed E-state index contributed by atoms with van der Waals surface area (Å²) in [6.45, 7) is 2.58. The number of amides is 1. The number of aryl methyl sites for hydroxylation is 1. The summed E-state index contributed by atoms with van der Waals surface area (Å²) in [5.74, 6) is 0.652. The molecule has 0 aliphatic heterocycles. The van der Waals surface area contributed by atoms with E-state index in [4.69, 9.17) is 16.3 Å². The Balaban J connectivity index is 1.50. The highest BCUT2D eigenvalue weighted by Gasteiger charge is 2.17. The maximum absolute atomic E-state index is 12.4. The average Bonchev–Trinajstić information content (AvgIpc) is 2.70. The molecule has 0 saturated heterocycles. The molecule has 0 aliphatic carbocycles. The highest BCUT2D eigenvalue weighted by atomic mass is 35.5. The van der Waals surface area contributed by atoms with E-state index >= 15 is 0 Å². The molecule has 0 aliphatic rings. The van der Waals surface area contributed by atoms with Crippen LogP contribution in [0, 0.1) is 0 Å². The van der Waals surface area contributed by atoms with Crippen molar-refractivity contribution in [2.75, 3.05) is 6.54 Å². The second-order valence-electron chi connectivity index (χ2n) is 6.54. The van der Waals surface area contributed by atoms with Gasteiger partial charge >= 0.3 is 0 Å². The zero-order valence-corrected chi connectivity index (χ0v) is 16.2. The van der Waals surface area contributed by atoms with E-state index in [0.717, 1.165) is 34.4 Å². The Labute approximate surface area is 165 Å².